The van der Waals surface area contributed by atoms with Crippen LogP contribution in [0.15, 0.2) is 71.1 Å². The van der Waals surface area contributed by atoms with E-state index >= 15 is 0 Å². The zero-order valence-corrected chi connectivity index (χ0v) is 19.2. The van der Waals surface area contributed by atoms with E-state index in [4.69, 9.17) is 21.1 Å². The predicted octanol–water partition coefficient (Wildman–Crippen LogP) is 5.27. The summed E-state index contributed by atoms with van der Waals surface area (Å²) in [4.78, 5) is 26.4. The molecule has 6 heteroatoms. The second-order valence-corrected chi connectivity index (χ2v) is 8.50. The van der Waals surface area contributed by atoms with Gasteiger partial charge >= 0.3 is 5.97 Å². The lowest BCUT2D eigenvalue weighted by Gasteiger charge is -2.36. The number of methoxy groups -OCH3 is 1. The Kier molecular flexibility index (Phi) is 6.38. The highest BCUT2D eigenvalue weighted by Crippen LogP contribution is 2.46. The molecule has 0 saturated heterocycles. The molecule has 32 heavy (non-hydrogen) atoms. The van der Waals surface area contributed by atoms with E-state index in [1.807, 2.05) is 55.5 Å². The second-order valence-electron chi connectivity index (χ2n) is 8.06. The minimum absolute atomic E-state index is 0.0359. The molecular weight excluding hydrogens is 426 g/mol. The Hall–Kier alpha value is -3.05. The van der Waals surface area contributed by atoms with Gasteiger partial charge in [-0.3, -0.25) is 4.79 Å². The van der Waals surface area contributed by atoms with E-state index in [-0.39, 0.29) is 18.3 Å². The van der Waals surface area contributed by atoms with Gasteiger partial charge in [0.15, 0.2) is 5.78 Å². The molecule has 1 aliphatic heterocycles. The molecule has 166 valence electrons. The Labute approximate surface area is 193 Å². The van der Waals surface area contributed by atoms with Gasteiger partial charge in [0.05, 0.1) is 19.3 Å². The Balaban J connectivity index is 1.78. The van der Waals surface area contributed by atoms with Crippen LogP contribution in [0, 0.1) is 0 Å². The molecule has 0 radical (unpaired) electrons. The van der Waals surface area contributed by atoms with Crippen LogP contribution in [0.4, 0.5) is 0 Å². The van der Waals surface area contributed by atoms with Gasteiger partial charge in [0.2, 0.25) is 0 Å². The molecule has 0 saturated carbocycles. The molecule has 2 atom stereocenters. The van der Waals surface area contributed by atoms with Gasteiger partial charge in [-0.25, -0.2) is 4.79 Å². The number of carbonyl (C=O) groups excluding carboxylic acids is 2. The Morgan fingerprint density at radius 3 is 2.34 bits per heavy atom. The van der Waals surface area contributed by atoms with E-state index in [0.717, 1.165) is 16.8 Å². The van der Waals surface area contributed by atoms with Gasteiger partial charge in [-0.15, -0.1) is 0 Å². The standard InChI is InChI=1S/C26H26ClNO4/c1-4-32-26(30)23-15(2)28-21-13-18(16-5-9-19(27)10-6-16)14-22(29)25(21)24(23)17-7-11-20(31-3)12-8-17/h5-12,18,24,28H,4,13-14H2,1-3H3/t18-,24-/m0/s1. The minimum atomic E-state index is -0.477. The van der Waals surface area contributed by atoms with Crippen LogP contribution in [-0.2, 0) is 14.3 Å². The highest BCUT2D eigenvalue weighted by atomic mass is 35.5. The van der Waals surface area contributed by atoms with Crippen LogP contribution < -0.4 is 10.1 Å². The van der Waals surface area contributed by atoms with Crippen LogP contribution in [0.5, 0.6) is 5.75 Å². The fourth-order valence-corrected chi connectivity index (χ4v) is 4.74. The summed E-state index contributed by atoms with van der Waals surface area (Å²) in [5, 5.41) is 4.03. The van der Waals surface area contributed by atoms with Crippen molar-refractivity contribution in [1.29, 1.82) is 0 Å². The van der Waals surface area contributed by atoms with Crippen molar-refractivity contribution in [1.82, 2.24) is 5.32 Å². The first-order chi connectivity index (χ1) is 15.4. The van der Waals surface area contributed by atoms with Crippen LogP contribution in [0.2, 0.25) is 5.02 Å². The largest absolute Gasteiger partial charge is 0.497 e. The number of dihydropyridines is 1. The van der Waals surface area contributed by atoms with E-state index in [9.17, 15) is 9.59 Å². The summed E-state index contributed by atoms with van der Waals surface area (Å²) in [6.45, 7) is 3.91. The molecule has 0 unspecified atom stereocenters. The van der Waals surface area contributed by atoms with Crippen LogP contribution in [0.3, 0.4) is 0 Å². The van der Waals surface area contributed by atoms with Gasteiger partial charge in [0, 0.05) is 34.3 Å². The van der Waals surface area contributed by atoms with Crippen LogP contribution in [0.25, 0.3) is 0 Å². The maximum atomic E-state index is 13.5. The van der Waals surface area contributed by atoms with E-state index in [1.54, 1.807) is 14.0 Å². The highest BCUT2D eigenvalue weighted by molar-refractivity contribution is 6.30. The molecule has 2 aliphatic rings. The Bertz CT molecular complexity index is 1100. The summed E-state index contributed by atoms with van der Waals surface area (Å²) >= 11 is 6.04. The molecule has 0 spiro atoms. The number of hydrogen-bond donors (Lipinski definition) is 1. The second kappa shape index (κ2) is 9.21. The van der Waals surface area contributed by atoms with Crippen LogP contribution >= 0.6 is 11.6 Å². The number of Topliss-reactive ketones (excluding diaryl/α,β-unsaturated/α-hetero) is 1. The summed E-state index contributed by atoms with van der Waals surface area (Å²) in [6, 6.07) is 15.2. The van der Waals surface area contributed by atoms with Crippen molar-refractivity contribution >= 4 is 23.4 Å². The number of ketones is 1. The number of carbonyl (C=O) groups is 2. The third kappa shape index (κ3) is 4.17. The van der Waals surface area contributed by atoms with Crippen molar-refractivity contribution in [3.63, 3.8) is 0 Å². The van der Waals surface area contributed by atoms with Gasteiger partial charge in [-0.1, -0.05) is 35.9 Å². The van der Waals surface area contributed by atoms with Gasteiger partial charge in [0.25, 0.3) is 0 Å². The van der Waals surface area contributed by atoms with Gasteiger partial charge in [-0.05, 0) is 61.6 Å². The number of ether oxygens (including phenoxy) is 2. The number of benzene rings is 2. The monoisotopic (exact) mass is 451 g/mol. The van der Waals surface area contributed by atoms with Crippen molar-refractivity contribution in [2.45, 2.75) is 38.5 Å². The lowest BCUT2D eigenvalue weighted by Crippen LogP contribution is -2.36. The minimum Gasteiger partial charge on any atom is -0.497 e. The number of halogens is 1. The third-order valence-electron chi connectivity index (χ3n) is 6.11. The van der Waals surface area contributed by atoms with E-state index in [0.29, 0.717) is 40.5 Å². The quantitative estimate of drug-likeness (QED) is 0.627. The lowest BCUT2D eigenvalue weighted by atomic mass is 9.72. The molecule has 0 fully saturated rings. The molecule has 4 rings (SSSR count). The van der Waals surface area contributed by atoms with Crippen molar-refractivity contribution in [2.75, 3.05) is 13.7 Å². The molecule has 2 aromatic rings. The number of rotatable bonds is 5. The van der Waals surface area contributed by atoms with Crippen molar-refractivity contribution in [2.24, 2.45) is 0 Å². The Morgan fingerprint density at radius 1 is 1.06 bits per heavy atom. The first kappa shape index (κ1) is 22.2. The SMILES string of the molecule is CCOC(=O)C1=C(C)NC2=C(C(=O)C[C@@H](c3ccc(Cl)cc3)C2)[C@H]1c1ccc(OC)cc1. The maximum Gasteiger partial charge on any atom is 0.336 e. The first-order valence-electron chi connectivity index (χ1n) is 10.7. The molecular formula is C26H26ClNO4. The maximum absolute atomic E-state index is 13.5. The van der Waals surface area contributed by atoms with Crippen molar-refractivity contribution in [3.05, 3.63) is 87.2 Å². The summed E-state index contributed by atoms with van der Waals surface area (Å²) in [5.74, 6) is -0.0753. The molecule has 5 nitrogen and oxygen atoms in total. The third-order valence-corrected chi connectivity index (χ3v) is 6.37. The molecule has 1 N–H and O–H groups in total. The fraction of sp³-hybridized carbons (Fsp3) is 0.308. The average molecular weight is 452 g/mol. The summed E-state index contributed by atoms with van der Waals surface area (Å²) < 4.78 is 10.6. The van der Waals surface area contributed by atoms with E-state index < -0.39 is 11.9 Å². The van der Waals surface area contributed by atoms with Crippen LogP contribution in [-0.4, -0.2) is 25.5 Å². The topological polar surface area (TPSA) is 64.6 Å². The zero-order chi connectivity index (χ0) is 22.8. The zero-order valence-electron chi connectivity index (χ0n) is 18.4. The fourth-order valence-electron chi connectivity index (χ4n) is 4.62. The van der Waals surface area contributed by atoms with Gasteiger partial charge < -0.3 is 14.8 Å². The molecule has 1 aliphatic carbocycles. The molecule has 0 bridgehead atoms. The first-order valence-corrected chi connectivity index (χ1v) is 11.1. The highest BCUT2D eigenvalue weighted by Gasteiger charge is 2.41. The van der Waals surface area contributed by atoms with Gasteiger partial charge in [-0.2, -0.15) is 0 Å². The molecule has 0 amide bonds. The molecule has 1 heterocycles. The van der Waals surface area contributed by atoms with Crippen LogP contribution in [0.1, 0.15) is 49.7 Å². The smallest absolute Gasteiger partial charge is 0.336 e. The molecule has 0 aromatic heterocycles. The predicted molar refractivity (Wildman–Crippen MR) is 124 cm³/mol. The normalized spacial score (nSPS) is 20.6. The van der Waals surface area contributed by atoms with Gasteiger partial charge in [0.1, 0.15) is 5.75 Å². The number of nitrogens with one attached hydrogen (secondary N) is 1. The number of esters is 1. The number of hydrogen-bond acceptors (Lipinski definition) is 5. The van der Waals surface area contributed by atoms with Crippen molar-refractivity contribution in [3.8, 4) is 5.75 Å². The van der Waals surface area contributed by atoms with Crippen molar-refractivity contribution < 1.29 is 19.1 Å². The van der Waals surface area contributed by atoms with E-state index in [1.165, 1.54) is 0 Å². The Morgan fingerprint density at radius 2 is 1.72 bits per heavy atom. The summed E-state index contributed by atoms with van der Waals surface area (Å²) in [7, 11) is 1.61. The summed E-state index contributed by atoms with van der Waals surface area (Å²) in [6.07, 6.45) is 1.06. The summed E-state index contributed by atoms with van der Waals surface area (Å²) in [5.41, 5.74) is 4.65. The average Bonchev–Trinajstić information content (AvgIpc) is 2.78. The lowest BCUT2D eigenvalue weighted by molar-refractivity contribution is -0.138. The number of allylic oxidation sites excluding steroid dienone is 3. The molecule has 2 aromatic carbocycles. The van der Waals surface area contributed by atoms with E-state index in [2.05, 4.69) is 5.32 Å².